The summed E-state index contributed by atoms with van der Waals surface area (Å²) in [6.07, 6.45) is 0. The Labute approximate surface area is 107 Å². The zero-order valence-corrected chi connectivity index (χ0v) is 11.4. The molecule has 0 bridgehead atoms. The molecule has 1 aromatic rings. The summed E-state index contributed by atoms with van der Waals surface area (Å²) in [6.45, 7) is 7.31. The Bertz CT molecular complexity index is 391. The molecule has 0 aliphatic heterocycles. The molecule has 0 fully saturated rings. The van der Waals surface area contributed by atoms with E-state index in [1.165, 1.54) is 0 Å². The molecule has 0 amide bonds. The second kappa shape index (κ2) is 5.51. The molecule has 0 heterocycles. The minimum atomic E-state index is 0.376. The van der Waals surface area contributed by atoms with Crippen LogP contribution in [0.25, 0.3) is 0 Å². The zero-order valence-electron chi connectivity index (χ0n) is 9.83. The number of rotatable bonds is 4. The summed E-state index contributed by atoms with van der Waals surface area (Å²) >= 11 is 11.2. The fraction of sp³-hybridized carbons (Fsp3) is 0.417. The Morgan fingerprint density at radius 1 is 1.50 bits per heavy atom. The molecule has 0 atom stereocenters. The van der Waals surface area contributed by atoms with Crippen molar-refractivity contribution in [1.82, 2.24) is 0 Å². The summed E-state index contributed by atoms with van der Waals surface area (Å²) in [4.78, 5) is 2.60. The van der Waals surface area contributed by atoms with Gasteiger partial charge in [0.15, 0.2) is 0 Å². The molecule has 0 saturated carbocycles. The first-order valence-electron chi connectivity index (χ1n) is 5.33. The lowest BCUT2D eigenvalue weighted by Gasteiger charge is -2.28. The van der Waals surface area contributed by atoms with Crippen LogP contribution in [0.5, 0.6) is 0 Å². The van der Waals surface area contributed by atoms with Crippen LogP contribution in [0.4, 0.5) is 5.69 Å². The largest absolute Gasteiger partial charge is 0.389 e. The first-order chi connectivity index (χ1) is 7.47. The number of nitrogens with zero attached hydrogens (tertiary/aromatic N) is 1. The predicted octanol–water partition coefficient (Wildman–Crippen LogP) is 3.21. The molecule has 0 aromatic heterocycles. The van der Waals surface area contributed by atoms with E-state index < -0.39 is 0 Å². The SMILES string of the molecule is CCN(c1ccc(C(N)=S)cc1Cl)C(C)C. The van der Waals surface area contributed by atoms with Crippen molar-refractivity contribution in [3.05, 3.63) is 28.8 Å². The highest BCUT2D eigenvalue weighted by Crippen LogP contribution is 2.28. The highest BCUT2D eigenvalue weighted by Gasteiger charge is 2.12. The van der Waals surface area contributed by atoms with Crippen LogP contribution >= 0.6 is 23.8 Å². The van der Waals surface area contributed by atoms with Crippen LogP contribution in [-0.2, 0) is 0 Å². The van der Waals surface area contributed by atoms with Crippen LogP contribution in [0, 0.1) is 0 Å². The molecule has 16 heavy (non-hydrogen) atoms. The summed E-state index contributed by atoms with van der Waals surface area (Å²) in [5.41, 5.74) is 7.40. The van der Waals surface area contributed by atoms with E-state index in [4.69, 9.17) is 29.6 Å². The Hall–Kier alpha value is -0.800. The molecule has 0 saturated heterocycles. The average molecular weight is 257 g/mol. The van der Waals surface area contributed by atoms with E-state index in [1.54, 1.807) is 0 Å². The van der Waals surface area contributed by atoms with Crippen molar-refractivity contribution in [2.75, 3.05) is 11.4 Å². The first kappa shape index (κ1) is 13.3. The predicted molar refractivity (Wildman–Crippen MR) is 75.5 cm³/mol. The van der Waals surface area contributed by atoms with E-state index in [0.717, 1.165) is 17.8 Å². The minimum absolute atomic E-state index is 0.376. The molecule has 88 valence electrons. The van der Waals surface area contributed by atoms with Crippen LogP contribution in [0.2, 0.25) is 5.02 Å². The van der Waals surface area contributed by atoms with Gasteiger partial charge in [-0.05, 0) is 39.0 Å². The average Bonchev–Trinajstić information content (AvgIpc) is 2.20. The quantitative estimate of drug-likeness (QED) is 0.839. The maximum atomic E-state index is 6.23. The van der Waals surface area contributed by atoms with E-state index >= 15 is 0 Å². The number of anilines is 1. The lowest BCUT2D eigenvalue weighted by atomic mass is 10.1. The van der Waals surface area contributed by atoms with Crippen LogP contribution in [0.15, 0.2) is 18.2 Å². The van der Waals surface area contributed by atoms with Gasteiger partial charge in [0, 0.05) is 18.2 Å². The van der Waals surface area contributed by atoms with Crippen LogP contribution in [0.1, 0.15) is 26.3 Å². The summed E-state index contributed by atoms with van der Waals surface area (Å²) in [5.74, 6) is 0. The number of halogens is 1. The number of nitrogens with two attached hydrogens (primary N) is 1. The Morgan fingerprint density at radius 2 is 2.12 bits per heavy atom. The van der Waals surface area contributed by atoms with Crippen molar-refractivity contribution in [2.24, 2.45) is 5.73 Å². The Kier molecular flexibility index (Phi) is 4.56. The van der Waals surface area contributed by atoms with Gasteiger partial charge in [-0.15, -0.1) is 0 Å². The van der Waals surface area contributed by atoms with E-state index in [2.05, 4.69) is 25.7 Å². The fourth-order valence-corrected chi connectivity index (χ4v) is 2.12. The topological polar surface area (TPSA) is 29.3 Å². The smallest absolute Gasteiger partial charge is 0.104 e. The first-order valence-corrected chi connectivity index (χ1v) is 6.12. The Morgan fingerprint density at radius 3 is 2.50 bits per heavy atom. The molecule has 0 aliphatic rings. The van der Waals surface area contributed by atoms with Gasteiger partial charge >= 0.3 is 0 Å². The highest BCUT2D eigenvalue weighted by atomic mass is 35.5. The monoisotopic (exact) mass is 256 g/mol. The van der Waals surface area contributed by atoms with Crippen molar-refractivity contribution in [3.63, 3.8) is 0 Å². The van der Waals surface area contributed by atoms with Gasteiger partial charge < -0.3 is 10.6 Å². The van der Waals surface area contributed by atoms with Crippen molar-refractivity contribution >= 4 is 34.5 Å². The third kappa shape index (κ3) is 2.86. The van der Waals surface area contributed by atoms with Crippen molar-refractivity contribution in [1.29, 1.82) is 0 Å². The molecule has 2 N–H and O–H groups in total. The zero-order chi connectivity index (χ0) is 12.3. The molecule has 1 rings (SSSR count). The normalized spacial score (nSPS) is 10.6. The number of hydrogen-bond acceptors (Lipinski definition) is 2. The minimum Gasteiger partial charge on any atom is -0.389 e. The molecule has 0 spiro atoms. The van der Waals surface area contributed by atoms with Gasteiger partial charge in [0.2, 0.25) is 0 Å². The summed E-state index contributed by atoms with van der Waals surface area (Å²) in [5, 5.41) is 0.695. The van der Waals surface area contributed by atoms with Gasteiger partial charge in [-0.1, -0.05) is 23.8 Å². The lowest BCUT2D eigenvalue weighted by Crippen LogP contribution is -2.30. The maximum Gasteiger partial charge on any atom is 0.104 e. The van der Waals surface area contributed by atoms with Crippen molar-refractivity contribution in [2.45, 2.75) is 26.8 Å². The second-order valence-electron chi connectivity index (χ2n) is 3.91. The van der Waals surface area contributed by atoms with E-state index in [0.29, 0.717) is 16.1 Å². The Balaban J connectivity index is 3.11. The molecule has 0 unspecified atom stereocenters. The maximum absolute atomic E-state index is 6.23. The molecule has 4 heteroatoms. The van der Waals surface area contributed by atoms with Crippen molar-refractivity contribution < 1.29 is 0 Å². The fourth-order valence-electron chi connectivity index (χ4n) is 1.71. The van der Waals surface area contributed by atoms with Crippen LogP contribution in [0.3, 0.4) is 0 Å². The van der Waals surface area contributed by atoms with Gasteiger partial charge in [0.1, 0.15) is 4.99 Å². The van der Waals surface area contributed by atoms with Crippen molar-refractivity contribution in [3.8, 4) is 0 Å². The van der Waals surface area contributed by atoms with E-state index in [9.17, 15) is 0 Å². The van der Waals surface area contributed by atoms with Gasteiger partial charge in [-0.25, -0.2) is 0 Å². The third-order valence-electron chi connectivity index (χ3n) is 2.51. The standard InChI is InChI=1S/C12H17ClN2S/c1-4-15(8(2)3)11-6-5-9(12(14)16)7-10(11)13/h5-8H,4H2,1-3H3,(H2,14,16). The van der Waals surface area contributed by atoms with E-state index in [1.807, 2.05) is 18.2 Å². The third-order valence-corrected chi connectivity index (χ3v) is 3.04. The molecular weight excluding hydrogens is 240 g/mol. The summed E-state index contributed by atoms with van der Waals surface area (Å²) < 4.78 is 0. The highest BCUT2D eigenvalue weighted by molar-refractivity contribution is 7.80. The molecule has 0 aliphatic carbocycles. The van der Waals surface area contributed by atoms with Gasteiger partial charge in [-0.2, -0.15) is 0 Å². The van der Waals surface area contributed by atoms with E-state index in [-0.39, 0.29) is 0 Å². The van der Waals surface area contributed by atoms with Crippen LogP contribution in [-0.4, -0.2) is 17.6 Å². The number of hydrogen-bond donors (Lipinski definition) is 1. The summed E-state index contributed by atoms with van der Waals surface area (Å²) in [6, 6.07) is 6.12. The van der Waals surface area contributed by atoms with Gasteiger partial charge in [0.25, 0.3) is 0 Å². The molecule has 0 radical (unpaired) electrons. The van der Waals surface area contributed by atoms with Gasteiger partial charge in [-0.3, -0.25) is 0 Å². The lowest BCUT2D eigenvalue weighted by molar-refractivity contribution is 0.704. The molecule has 1 aromatic carbocycles. The molecular formula is C12H17ClN2S. The van der Waals surface area contributed by atoms with Crippen LogP contribution < -0.4 is 10.6 Å². The summed E-state index contributed by atoms with van der Waals surface area (Å²) in [7, 11) is 0. The number of thiocarbonyl (C=S) groups is 1. The van der Waals surface area contributed by atoms with Gasteiger partial charge in [0.05, 0.1) is 10.7 Å². The number of benzene rings is 1. The molecule has 2 nitrogen and oxygen atoms in total. The second-order valence-corrected chi connectivity index (χ2v) is 4.76.